The minimum Gasteiger partial charge on any atom is -0.496 e. The summed E-state index contributed by atoms with van der Waals surface area (Å²) in [6.45, 7) is 3.03. The van der Waals surface area contributed by atoms with Gasteiger partial charge in [-0.3, -0.25) is 15.0 Å². The molecule has 6 rings (SSSR count). The molecule has 2 aromatic carbocycles. The number of hydrogen-bond donors (Lipinski definition) is 3. The molecule has 12 nitrogen and oxygen atoms in total. The van der Waals surface area contributed by atoms with Gasteiger partial charge in [0, 0.05) is 51.9 Å². The summed E-state index contributed by atoms with van der Waals surface area (Å²) in [5.41, 5.74) is 9.67. The zero-order valence-corrected chi connectivity index (χ0v) is 26.4. The van der Waals surface area contributed by atoms with E-state index in [1.807, 2.05) is 28.9 Å². The van der Waals surface area contributed by atoms with Crippen LogP contribution >= 0.6 is 0 Å². The van der Waals surface area contributed by atoms with E-state index in [9.17, 15) is 9.18 Å². The molecule has 2 aliphatic rings. The molecule has 244 valence electrons. The number of nitrogens with zero attached hydrogens (tertiary/aromatic N) is 5. The van der Waals surface area contributed by atoms with E-state index < -0.39 is 11.7 Å². The lowest BCUT2D eigenvalue weighted by Gasteiger charge is -2.42. The topological polar surface area (TPSA) is 142 Å². The van der Waals surface area contributed by atoms with Crippen molar-refractivity contribution >= 4 is 22.8 Å². The second kappa shape index (κ2) is 14.1. The molecule has 4 N–H and O–H groups in total. The van der Waals surface area contributed by atoms with Gasteiger partial charge in [0.1, 0.15) is 29.4 Å². The third-order valence-corrected chi connectivity index (χ3v) is 9.18. The highest BCUT2D eigenvalue weighted by Crippen LogP contribution is 2.34. The van der Waals surface area contributed by atoms with E-state index in [-0.39, 0.29) is 24.4 Å². The first-order valence-corrected chi connectivity index (χ1v) is 15.6. The standard InChI is InChI=1S/C33H41FN8O4/c1-44-26-10-8-23(34)16-25(26)32(43)37-17-20-4-6-21(7-5-20)29-28-30(35)38-19-39-31(28)42(40-29)24-9-11-27(36-18-24)41-14-12-22(13-15-41)33(45-2)46-3/h4-8,10,16,19,22,24,27,33,36H,9,11-15,17-18H2,1-3H3,(H,37,43)(H2,35,38,39). The van der Waals surface area contributed by atoms with Crippen LogP contribution in [-0.2, 0) is 16.0 Å². The number of fused-ring (bicyclic) bond motifs is 1. The van der Waals surface area contributed by atoms with E-state index in [1.165, 1.54) is 25.6 Å². The van der Waals surface area contributed by atoms with Crippen molar-refractivity contribution in [2.75, 3.05) is 46.7 Å². The number of hydrogen-bond acceptors (Lipinski definition) is 10. The summed E-state index contributed by atoms with van der Waals surface area (Å²) in [6.07, 6.45) is 5.69. The number of likely N-dealkylation sites (tertiary alicyclic amines) is 1. The van der Waals surface area contributed by atoms with Gasteiger partial charge in [-0.25, -0.2) is 19.0 Å². The van der Waals surface area contributed by atoms with Crippen LogP contribution in [0, 0.1) is 11.7 Å². The lowest BCUT2D eigenvalue weighted by atomic mass is 9.94. The van der Waals surface area contributed by atoms with Crippen LogP contribution in [0.5, 0.6) is 5.75 Å². The minimum absolute atomic E-state index is 0.111. The molecular weight excluding hydrogens is 591 g/mol. The monoisotopic (exact) mass is 632 g/mol. The first kappa shape index (κ1) is 31.8. The average molecular weight is 633 g/mol. The molecule has 4 aromatic rings. The molecule has 2 aromatic heterocycles. The van der Waals surface area contributed by atoms with Gasteiger partial charge in [0.05, 0.1) is 30.3 Å². The molecule has 2 atom stereocenters. The lowest BCUT2D eigenvalue weighted by molar-refractivity contribution is -0.148. The number of methoxy groups -OCH3 is 3. The number of piperidine rings is 2. The Hall–Kier alpha value is -4.17. The first-order chi connectivity index (χ1) is 22.4. The molecule has 2 unspecified atom stereocenters. The van der Waals surface area contributed by atoms with Gasteiger partial charge >= 0.3 is 0 Å². The Kier molecular flexibility index (Phi) is 9.73. The molecule has 0 saturated carbocycles. The molecule has 2 saturated heterocycles. The van der Waals surface area contributed by atoms with E-state index >= 15 is 0 Å². The maximum absolute atomic E-state index is 13.7. The van der Waals surface area contributed by atoms with Gasteiger partial charge in [-0.05, 0) is 49.4 Å². The molecule has 0 aliphatic carbocycles. The number of nitrogens with two attached hydrogens (primary N) is 1. The molecule has 4 heterocycles. The fourth-order valence-corrected chi connectivity index (χ4v) is 6.70. The molecule has 0 radical (unpaired) electrons. The maximum Gasteiger partial charge on any atom is 0.255 e. The highest BCUT2D eigenvalue weighted by atomic mass is 19.1. The maximum atomic E-state index is 13.7. The highest BCUT2D eigenvalue weighted by Gasteiger charge is 2.33. The van der Waals surface area contributed by atoms with E-state index in [2.05, 4.69) is 25.5 Å². The summed E-state index contributed by atoms with van der Waals surface area (Å²) in [5.74, 6) is 0.172. The minimum atomic E-state index is -0.506. The fourth-order valence-electron chi connectivity index (χ4n) is 6.70. The second-order valence-electron chi connectivity index (χ2n) is 11.8. The van der Waals surface area contributed by atoms with Crippen molar-refractivity contribution in [1.29, 1.82) is 0 Å². The average Bonchev–Trinajstić information content (AvgIpc) is 3.49. The van der Waals surface area contributed by atoms with Crippen LogP contribution in [-0.4, -0.2) is 84.0 Å². The van der Waals surface area contributed by atoms with Gasteiger partial charge < -0.3 is 25.3 Å². The number of rotatable bonds is 10. The molecule has 2 aliphatic heterocycles. The number of carbonyl (C=O) groups is 1. The Bertz CT molecular complexity index is 1650. The van der Waals surface area contributed by atoms with Crippen molar-refractivity contribution in [2.45, 2.75) is 50.7 Å². The number of aromatic nitrogens is 4. The highest BCUT2D eigenvalue weighted by molar-refractivity contribution is 5.98. The molecule has 0 bridgehead atoms. The Balaban J connectivity index is 1.13. The number of anilines is 1. The Morgan fingerprint density at radius 1 is 1.07 bits per heavy atom. The molecule has 46 heavy (non-hydrogen) atoms. The van der Waals surface area contributed by atoms with Gasteiger partial charge in [-0.1, -0.05) is 24.3 Å². The van der Waals surface area contributed by atoms with Crippen LogP contribution in [0.25, 0.3) is 22.3 Å². The number of benzene rings is 2. The Labute approximate surface area is 267 Å². The van der Waals surface area contributed by atoms with Crippen LogP contribution in [0.4, 0.5) is 10.2 Å². The fraction of sp³-hybridized carbons (Fsp3) is 0.455. The summed E-state index contributed by atoms with van der Waals surface area (Å²) in [4.78, 5) is 24.1. The van der Waals surface area contributed by atoms with Gasteiger partial charge in [0.25, 0.3) is 5.91 Å². The Morgan fingerprint density at radius 3 is 2.50 bits per heavy atom. The summed E-state index contributed by atoms with van der Waals surface area (Å²) in [6, 6.07) is 11.7. The van der Waals surface area contributed by atoms with Gasteiger partial charge in [-0.2, -0.15) is 5.10 Å². The van der Waals surface area contributed by atoms with Crippen LogP contribution < -0.4 is 21.1 Å². The number of ether oxygens (including phenoxy) is 3. The third kappa shape index (κ3) is 6.54. The first-order valence-electron chi connectivity index (χ1n) is 15.6. The van der Waals surface area contributed by atoms with Crippen LogP contribution in [0.2, 0.25) is 0 Å². The van der Waals surface area contributed by atoms with Gasteiger partial charge in [-0.15, -0.1) is 0 Å². The van der Waals surface area contributed by atoms with Crippen molar-refractivity contribution < 1.29 is 23.4 Å². The van der Waals surface area contributed by atoms with E-state index in [0.29, 0.717) is 35.0 Å². The predicted octanol–water partition coefficient (Wildman–Crippen LogP) is 3.73. The van der Waals surface area contributed by atoms with E-state index in [4.69, 9.17) is 25.0 Å². The quantitative estimate of drug-likeness (QED) is 0.222. The van der Waals surface area contributed by atoms with Crippen LogP contribution in [0.3, 0.4) is 0 Å². The van der Waals surface area contributed by atoms with Gasteiger partial charge in [0.2, 0.25) is 0 Å². The zero-order valence-electron chi connectivity index (χ0n) is 26.4. The zero-order chi connectivity index (χ0) is 32.2. The largest absolute Gasteiger partial charge is 0.496 e. The summed E-state index contributed by atoms with van der Waals surface area (Å²) < 4.78 is 31.9. The summed E-state index contributed by atoms with van der Waals surface area (Å²) in [7, 11) is 4.86. The van der Waals surface area contributed by atoms with Crippen molar-refractivity contribution in [3.8, 4) is 17.0 Å². The molecule has 13 heteroatoms. The van der Waals surface area contributed by atoms with Crippen LogP contribution in [0.15, 0.2) is 48.8 Å². The molecule has 1 amide bonds. The Morgan fingerprint density at radius 2 is 1.83 bits per heavy atom. The normalized spacial score (nSPS) is 19.5. The number of nitrogen functional groups attached to an aromatic ring is 1. The number of carbonyl (C=O) groups excluding carboxylic acids is 1. The molecule has 2 fully saturated rings. The lowest BCUT2D eigenvalue weighted by Crippen LogP contribution is -2.53. The second-order valence-corrected chi connectivity index (χ2v) is 11.8. The number of nitrogens with one attached hydrogen (secondary N) is 2. The summed E-state index contributed by atoms with van der Waals surface area (Å²) in [5, 5.41) is 12.3. The van der Waals surface area contributed by atoms with Crippen LogP contribution in [0.1, 0.15) is 47.6 Å². The predicted molar refractivity (Wildman–Crippen MR) is 171 cm³/mol. The van der Waals surface area contributed by atoms with E-state index in [1.54, 1.807) is 14.2 Å². The smallest absolute Gasteiger partial charge is 0.255 e. The van der Waals surface area contributed by atoms with E-state index in [0.717, 1.165) is 67.9 Å². The number of halogens is 1. The third-order valence-electron chi connectivity index (χ3n) is 9.18. The molecule has 0 spiro atoms. The van der Waals surface area contributed by atoms with Crippen molar-refractivity contribution in [3.05, 3.63) is 65.7 Å². The number of amides is 1. The molecular formula is C33H41FN8O4. The summed E-state index contributed by atoms with van der Waals surface area (Å²) >= 11 is 0. The van der Waals surface area contributed by atoms with Crippen molar-refractivity contribution in [2.24, 2.45) is 5.92 Å². The SMILES string of the molecule is COc1ccc(F)cc1C(=O)NCc1ccc(-c2nn(C3CCC(N4CCC(C(OC)OC)CC4)NC3)c3ncnc(N)c23)cc1. The van der Waals surface area contributed by atoms with Crippen molar-refractivity contribution in [3.63, 3.8) is 0 Å². The van der Waals surface area contributed by atoms with Gasteiger partial charge in [0.15, 0.2) is 11.9 Å². The van der Waals surface area contributed by atoms with Crippen molar-refractivity contribution in [1.82, 2.24) is 35.3 Å².